The minimum Gasteiger partial charge on any atom is -0.504 e. The van der Waals surface area contributed by atoms with E-state index >= 15 is 0 Å². The standard InChI is InChI=1S/C20H22O5/c1-24-19-12-14(7-10-17(19)22)4-3-5-16(21)9-6-15-8-11-18(23)20(13-15)25-2/h3-4,6-13,16,21-23H,5H2,1-2H3/b4-3+,9-6?. The van der Waals surface area contributed by atoms with Crippen LogP contribution in [0.1, 0.15) is 17.5 Å². The SMILES string of the molecule is COc1cc(C=CC(O)C/C=C/c2ccc(O)c(OC)c2)ccc1O. The van der Waals surface area contributed by atoms with Crippen molar-refractivity contribution in [2.75, 3.05) is 14.2 Å². The predicted molar refractivity (Wildman–Crippen MR) is 98.0 cm³/mol. The van der Waals surface area contributed by atoms with Crippen LogP contribution in [0.15, 0.2) is 48.6 Å². The lowest BCUT2D eigenvalue weighted by Crippen LogP contribution is -1.99. The van der Waals surface area contributed by atoms with Crippen molar-refractivity contribution in [3.8, 4) is 23.0 Å². The molecule has 2 aromatic rings. The molecule has 5 nitrogen and oxygen atoms in total. The molecule has 0 radical (unpaired) electrons. The number of aromatic hydroxyl groups is 2. The molecule has 0 heterocycles. The largest absolute Gasteiger partial charge is 0.504 e. The van der Waals surface area contributed by atoms with Crippen LogP contribution in [0.3, 0.4) is 0 Å². The fraction of sp³-hybridized carbons (Fsp3) is 0.200. The van der Waals surface area contributed by atoms with E-state index in [2.05, 4.69) is 0 Å². The summed E-state index contributed by atoms with van der Waals surface area (Å²) >= 11 is 0. The smallest absolute Gasteiger partial charge is 0.161 e. The van der Waals surface area contributed by atoms with Crippen LogP contribution in [0, 0.1) is 0 Å². The van der Waals surface area contributed by atoms with E-state index in [4.69, 9.17) is 9.47 Å². The number of phenols is 2. The molecule has 0 aromatic heterocycles. The Kier molecular flexibility index (Phi) is 6.48. The van der Waals surface area contributed by atoms with Gasteiger partial charge in [0.2, 0.25) is 0 Å². The highest BCUT2D eigenvalue weighted by Crippen LogP contribution is 2.27. The summed E-state index contributed by atoms with van der Waals surface area (Å²) in [5.74, 6) is 0.959. The lowest BCUT2D eigenvalue weighted by Gasteiger charge is -2.05. The number of rotatable bonds is 7. The molecular formula is C20H22O5. The summed E-state index contributed by atoms with van der Waals surface area (Å²) in [5.41, 5.74) is 1.69. The van der Waals surface area contributed by atoms with E-state index in [1.54, 1.807) is 48.6 Å². The van der Waals surface area contributed by atoms with Crippen LogP contribution in [-0.4, -0.2) is 35.6 Å². The molecule has 1 atom stereocenters. The maximum atomic E-state index is 10.0. The summed E-state index contributed by atoms with van der Waals surface area (Å²) in [7, 11) is 2.98. The minimum atomic E-state index is -0.643. The van der Waals surface area contributed by atoms with Crippen LogP contribution in [0.4, 0.5) is 0 Å². The summed E-state index contributed by atoms with van der Waals surface area (Å²) < 4.78 is 10.1. The number of methoxy groups -OCH3 is 2. The summed E-state index contributed by atoms with van der Waals surface area (Å²) in [6, 6.07) is 10.0. The van der Waals surface area contributed by atoms with Gasteiger partial charge in [0.25, 0.3) is 0 Å². The summed E-state index contributed by atoms with van der Waals surface area (Å²) in [4.78, 5) is 0. The van der Waals surface area contributed by atoms with Gasteiger partial charge in [-0.2, -0.15) is 0 Å². The summed E-state index contributed by atoms with van der Waals surface area (Å²) in [5, 5.41) is 29.1. The highest BCUT2D eigenvalue weighted by atomic mass is 16.5. The number of hydrogen-bond donors (Lipinski definition) is 3. The number of benzene rings is 2. The monoisotopic (exact) mass is 342 g/mol. The van der Waals surface area contributed by atoms with Gasteiger partial charge in [-0.3, -0.25) is 0 Å². The molecule has 25 heavy (non-hydrogen) atoms. The number of aliphatic hydroxyl groups excluding tert-OH is 1. The molecule has 132 valence electrons. The van der Waals surface area contributed by atoms with Crippen LogP contribution in [0.25, 0.3) is 12.2 Å². The quantitative estimate of drug-likeness (QED) is 0.716. The number of phenolic OH excluding ortho intramolecular Hbond substituents is 2. The zero-order valence-corrected chi connectivity index (χ0v) is 14.2. The molecule has 0 aliphatic carbocycles. The van der Waals surface area contributed by atoms with Gasteiger partial charge in [-0.05, 0) is 41.8 Å². The Hall–Kier alpha value is -2.92. The molecule has 5 heteroatoms. The average Bonchev–Trinajstić information content (AvgIpc) is 2.62. The number of hydrogen-bond acceptors (Lipinski definition) is 5. The van der Waals surface area contributed by atoms with Gasteiger partial charge in [-0.25, -0.2) is 0 Å². The van der Waals surface area contributed by atoms with Crippen molar-refractivity contribution in [1.82, 2.24) is 0 Å². The highest BCUT2D eigenvalue weighted by Gasteiger charge is 2.02. The first-order chi connectivity index (χ1) is 12.0. The zero-order chi connectivity index (χ0) is 18.2. The lowest BCUT2D eigenvalue weighted by molar-refractivity contribution is 0.228. The van der Waals surface area contributed by atoms with Gasteiger partial charge >= 0.3 is 0 Å². The summed E-state index contributed by atoms with van der Waals surface area (Å²) in [6.45, 7) is 0. The first-order valence-corrected chi connectivity index (χ1v) is 7.80. The van der Waals surface area contributed by atoms with E-state index in [9.17, 15) is 15.3 Å². The van der Waals surface area contributed by atoms with E-state index in [1.165, 1.54) is 14.2 Å². The topological polar surface area (TPSA) is 79.2 Å². The Morgan fingerprint density at radius 1 is 0.880 bits per heavy atom. The van der Waals surface area contributed by atoms with Crippen molar-refractivity contribution >= 4 is 12.2 Å². The van der Waals surface area contributed by atoms with Crippen molar-refractivity contribution in [2.45, 2.75) is 12.5 Å². The van der Waals surface area contributed by atoms with Gasteiger partial charge in [0, 0.05) is 0 Å². The van der Waals surface area contributed by atoms with Crippen LogP contribution in [0.5, 0.6) is 23.0 Å². The van der Waals surface area contributed by atoms with E-state index in [-0.39, 0.29) is 11.5 Å². The first kappa shape index (κ1) is 18.4. The predicted octanol–water partition coefficient (Wildman–Crippen LogP) is 3.59. The Labute approximate surface area is 147 Å². The zero-order valence-electron chi connectivity index (χ0n) is 14.2. The second-order valence-corrected chi connectivity index (χ2v) is 5.43. The van der Waals surface area contributed by atoms with Gasteiger partial charge in [0.05, 0.1) is 20.3 Å². The third kappa shape index (κ3) is 5.29. The molecule has 2 aromatic carbocycles. The van der Waals surface area contributed by atoms with Crippen molar-refractivity contribution in [3.05, 3.63) is 59.7 Å². The average molecular weight is 342 g/mol. The van der Waals surface area contributed by atoms with E-state index in [1.807, 2.05) is 12.2 Å². The first-order valence-electron chi connectivity index (χ1n) is 7.80. The molecule has 0 spiro atoms. The fourth-order valence-electron chi connectivity index (χ4n) is 2.24. The Morgan fingerprint density at radius 3 is 1.92 bits per heavy atom. The van der Waals surface area contributed by atoms with Gasteiger partial charge in [0.1, 0.15) is 0 Å². The van der Waals surface area contributed by atoms with Crippen molar-refractivity contribution in [1.29, 1.82) is 0 Å². The lowest BCUT2D eigenvalue weighted by atomic mass is 10.1. The molecule has 1 unspecified atom stereocenters. The van der Waals surface area contributed by atoms with Gasteiger partial charge < -0.3 is 24.8 Å². The third-order valence-corrected chi connectivity index (χ3v) is 3.61. The van der Waals surface area contributed by atoms with Crippen molar-refractivity contribution in [2.24, 2.45) is 0 Å². The van der Waals surface area contributed by atoms with E-state index in [0.29, 0.717) is 17.9 Å². The molecule has 2 rings (SSSR count). The van der Waals surface area contributed by atoms with E-state index in [0.717, 1.165) is 11.1 Å². The van der Waals surface area contributed by atoms with Crippen LogP contribution >= 0.6 is 0 Å². The molecule has 0 saturated heterocycles. The van der Waals surface area contributed by atoms with Crippen LogP contribution in [-0.2, 0) is 0 Å². The number of aliphatic hydroxyl groups is 1. The van der Waals surface area contributed by atoms with Gasteiger partial charge in [-0.15, -0.1) is 0 Å². The van der Waals surface area contributed by atoms with Crippen LogP contribution in [0.2, 0.25) is 0 Å². The van der Waals surface area contributed by atoms with Crippen LogP contribution < -0.4 is 9.47 Å². The van der Waals surface area contributed by atoms with Gasteiger partial charge in [-0.1, -0.05) is 36.4 Å². The molecule has 3 N–H and O–H groups in total. The highest BCUT2D eigenvalue weighted by molar-refractivity contribution is 5.57. The van der Waals surface area contributed by atoms with Crippen molar-refractivity contribution in [3.63, 3.8) is 0 Å². The molecule has 0 aliphatic heterocycles. The number of ether oxygens (including phenoxy) is 2. The molecule has 0 bridgehead atoms. The Bertz CT molecular complexity index is 765. The van der Waals surface area contributed by atoms with Gasteiger partial charge in [0.15, 0.2) is 23.0 Å². The Morgan fingerprint density at radius 2 is 1.40 bits per heavy atom. The summed E-state index contributed by atoms with van der Waals surface area (Å²) in [6.07, 6.45) is 6.93. The third-order valence-electron chi connectivity index (χ3n) is 3.61. The van der Waals surface area contributed by atoms with Crippen molar-refractivity contribution < 1.29 is 24.8 Å². The van der Waals surface area contributed by atoms with E-state index < -0.39 is 6.10 Å². The second kappa shape index (κ2) is 8.80. The normalized spacial score (nSPS) is 12.6. The molecule has 0 saturated carbocycles. The molecule has 0 amide bonds. The fourth-order valence-corrected chi connectivity index (χ4v) is 2.24. The maximum absolute atomic E-state index is 10.0. The molecule has 0 aliphatic rings. The maximum Gasteiger partial charge on any atom is 0.161 e. The minimum absolute atomic E-state index is 0.0763. The molecule has 0 fully saturated rings. The second-order valence-electron chi connectivity index (χ2n) is 5.43. The Balaban J connectivity index is 1.95. The molecular weight excluding hydrogens is 320 g/mol.